The van der Waals surface area contributed by atoms with E-state index in [1.807, 2.05) is 23.5 Å². The molecule has 0 saturated heterocycles. The Balaban J connectivity index is 1.54. The van der Waals surface area contributed by atoms with Gasteiger partial charge in [-0.2, -0.15) is 0 Å². The number of rotatable bonds is 1. The number of benzene rings is 1. The van der Waals surface area contributed by atoms with Gasteiger partial charge in [0.25, 0.3) is 0 Å². The number of halogens is 2. The molecule has 1 aromatic carbocycles. The average molecular weight is 437 g/mol. The molecule has 0 spiro atoms. The smallest absolute Gasteiger partial charge is 0.169 e. The molecule has 156 valence electrons. The van der Waals surface area contributed by atoms with Crippen LogP contribution >= 0.6 is 11.6 Å². The van der Waals surface area contributed by atoms with Crippen molar-refractivity contribution >= 4 is 17.2 Å². The van der Waals surface area contributed by atoms with Gasteiger partial charge in [0.1, 0.15) is 23.6 Å². The monoisotopic (exact) mass is 436 g/mol. The van der Waals surface area contributed by atoms with Crippen LogP contribution in [0.4, 0.5) is 4.39 Å². The standard InChI is InChI=1S/C23H18ClFN4O2/c1-12-16(6-14(24)8-26-12)17-7-21-19(29-11-27-28-23(17)29)4-2-15-18(25)3-5-20-22(15)13(9-30-20)10-31-21/h3,5-8,11,13H,2,4,9-10H2,1H3/t13-/m1/s1. The molecule has 0 amide bonds. The van der Waals surface area contributed by atoms with Gasteiger partial charge in [0, 0.05) is 28.6 Å². The number of hydrogen-bond donors (Lipinski definition) is 0. The predicted octanol–water partition coefficient (Wildman–Crippen LogP) is 4.55. The highest BCUT2D eigenvalue weighted by molar-refractivity contribution is 6.30. The molecular weight excluding hydrogens is 419 g/mol. The van der Waals surface area contributed by atoms with E-state index in [4.69, 9.17) is 21.1 Å². The summed E-state index contributed by atoms with van der Waals surface area (Å²) in [6.07, 6.45) is 4.41. The van der Waals surface area contributed by atoms with E-state index in [1.165, 1.54) is 6.07 Å². The highest BCUT2D eigenvalue weighted by atomic mass is 35.5. The van der Waals surface area contributed by atoms with Gasteiger partial charge in [-0.15, -0.1) is 10.2 Å². The van der Waals surface area contributed by atoms with Crippen LogP contribution in [0.15, 0.2) is 36.8 Å². The SMILES string of the molecule is Cc1ncc(Cl)cc1-c1cc2c(n3cnnc13)CCc1c(F)ccc3c1[C@H](CO3)CO2. The summed E-state index contributed by atoms with van der Waals surface area (Å²) >= 11 is 6.23. The highest BCUT2D eigenvalue weighted by Crippen LogP contribution is 2.41. The molecular formula is C23H18ClFN4O2. The van der Waals surface area contributed by atoms with E-state index in [1.54, 1.807) is 18.6 Å². The van der Waals surface area contributed by atoms with E-state index in [-0.39, 0.29) is 11.7 Å². The summed E-state index contributed by atoms with van der Waals surface area (Å²) in [6, 6.07) is 7.05. The Morgan fingerprint density at radius 1 is 1.10 bits per heavy atom. The third-order valence-corrected chi connectivity index (χ3v) is 6.35. The minimum Gasteiger partial charge on any atom is -0.493 e. The van der Waals surface area contributed by atoms with Crippen LogP contribution in [-0.2, 0) is 12.8 Å². The van der Waals surface area contributed by atoms with Gasteiger partial charge in [-0.1, -0.05) is 11.6 Å². The maximum Gasteiger partial charge on any atom is 0.169 e. The minimum atomic E-state index is -0.199. The molecule has 4 aromatic rings. The second-order valence-corrected chi connectivity index (χ2v) is 8.37. The number of aromatic nitrogens is 4. The number of aryl methyl sites for hydroxylation is 2. The molecule has 1 atom stereocenters. The van der Waals surface area contributed by atoms with Gasteiger partial charge in [0.15, 0.2) is 5.65 Å². The van der Waals surface area contributed by atoms with Crippen LogP contribution in [0, 0.1) is 12.7 Å². The molecule has 0 bridgehead atoms. The van der Waals surface area contributed by atoms with E-state index in [2.05, 4.69) is 15.2 Å². The zero-order chi connectivity index (χ0) is 21.1. The molecule has 0 unspecified atom stereocenters. The van der Waals surface area contributed by atoms with E-state index >= 15 is 0 Å². The first-order chi connectivity index (χ1) is 15.1. The van der Waals surface area contributed by atoms with Gasteiger partial charge < -0.3 is 9.47 Å². The van der Waals surface area contributed by atoms with Crippen LogP contribution in [0.2, 0.25) is 5.02 Å². The Kier molecular flexibility index (Phi) is 4.14. The lowest BCUT2D eigenvalue weighted by Crippen LogP contribution is -2.13. The van der Waals surface area contributed by atoms with Crippen molar-refractivity contribution in [2.24, 2.45) is 0 Å². The quantitative estimate of drug-likeness (QED) is 0.438. The molecule has 0 fully saturated rings. The zero-order valence-corrected chi connectivity index (χ0v) is 17.5. The van der Waals surface area contributed by atoms with Crippen LogP contribution in [0.25, 0.3) is 16.8 Å². The second-order valence-electron chi connectivity index (χ2n) is 7.94. The first-order valence-electron chi connectivity index (χ1n) is 10.1. The van der Waals surface area contributed by atoms with Gasteiger partial charge in [-0.05, 0) is 49.6 Å². The molecule has 5 heterocycles. The summed E-state index contributed by atoms with van der Waals surface area (Å²) in [5, 5.41) is 9.03. The summed E-state index contributed by atoms with van der Waals surface area (Å²) < 4.78 is 28.8. The summed E-state index contributed by atoms with van der Waals surface area (Å²) in [7, 11) is 0. The summed E-state index contributed by atoms with van der Waals surface area (Å²) in [5.41, 5.74) is 5.79. The number of nitrogens with zero attached hydrogens (tertiary/aromatic N) is 4. The lowest BCUT2D eigenvalue weighted by atomic mass is 9.93. The van der Waals surface area contributed by atoms with Crippen molar-refractivity contribution in [1.82, 2.24) is 19.6 Å². The molecule has 0 saturated carbocycles. The molecule has 8 heteroatoms. The third kappa shape index (κ3) is 2.87. The van der Waals surface area contributed by atoms with Crippen molar-refractivity contribution in [3.63, 3.8) is 0 Å². The highest BCUT2D eigenvalue weighted by Gasteiger charge is 2.31. The van der Waals surface area contributed by atoms with Crippen LogP contribution in [0.3, 0.4) is 0 Å². The molecule has 3 aromatic heterocycles. The van der Waals surface area contributed by atoms with Crippen molar-refractivity contribution in [2.45, 2.75) is 25.7 Å². The Bertz CT molecular complexity index is 1350. The molecule has 2 aliphatic rings. The van der Waals surface area contributed by atoms with Crippen LogP contribution in [0.1, 0.15) is 28.4 Å². The molecule has 2 aliphatic heterocycles. The average Bonchev–Trinajstić information content (AvgIpc) is 3.41. The Morgan fingerprint density at radius 3 is 2.81 bits per heavy atom. The fourth-order valence-corrected chi connectivity index (χ4v) is 4.80. The van der Waals surface area contributed by atoms with Crippen molar-refractivity contribution < 1.29 is 13.9 Å². The Morgan fingerprint density at radius 2 is 1.94 bits per heavy atom. The van der Waals surface area contributed by atoms with Crippen molar-refractivity contribution in [3.05, 3.63) is 70.1 Å². The van der Waals surface area contributed by atoms with Gasteiger partial charge >= 0.3 is 0 Å². The molecule has 0 aliphatic carbocycles. The second kappa shape index (κ2) is 6.92. The molecule has 0 N–H and O–H groups in total. The van der Waals surface area contributed by atoms with Gasteiger partial charge in [0.2, 0.25) is 0 Å². The van der Waals surface area contributed by atoms with Crippen LogP contribution < -0.4 is 9.47 Å². The lowest BCUT2D eigenvalue weighted by molar-refractivity contribution is 0.246. The van der Waals surface area contributed by atoms with Gasteiger partial charge in [-0.3, -0.25) is 9.38 Å². The van der Waals surface area contributed by atoms with Gasteiger partial charge in [-0.25, -0.2) is 4.39 Å². The van der Waals surface area contributed by atoms with Crippen LogP contribution in [-0.4, -0.2) is 32.8 Å². The van der Waals surface area contributed by atoms with Gasteiger partial charge in [0.05, 0.1) is 29.8 Å². The number of hydrogen-bond acceptors (Lipinski definition) is 5. The van der Waals surface area contributed by atoms with Crippen molar-refractivity contribution in [1.29, 1.82) is 0 Å². The third-order valence-electron chi connectivity index (χ3n) is 6.14. The predicted molar refractivity (Wildman–Crippen MR) is 114 cm³/mol. The number of pyridine rings is 2. The Hall–Kier alpha value is -3.19. The van der Waals surface area contributed by atoms with E-state index in [9.17, 15) is 4.39 Å². The van der Waals surface area contributed by atoms with Crippen molar-refractivity contribution in [2.75, 3.05) is 13.2 Å². The summed E-state index contributed by atoms with van der Waals surface area (Å²) in [6.45, 7) is 2.81. The van der Waals surface area contributed by atoms with Crippen molar-refractivity contribution in [3.8, 4) is 22.6 Å². The summed E-state index contributed by atoms with van der Waals surface area (Å²) in [4.78, 5) is 4.39. The molecule has 31 heavy (non-hydrogen) atoms. The number of fused-ring (bicyclic) bond motifs is 3. The van der Waals surface area contributed by atoms with E-state index < -0.39 is 0 Å². The molecule has 0 radical (unpaired) electrons. The minimum absolute atomic E-state index is 0.0127. The largest absolute Gasteiger partial charge is 0.493 e. The molecule has 6 nitrogen and oxygen atoms in total. The maximum atomic E-state index is 14.7. The first kappa shape index (κ1) is 18.6. The van der Waals surface area contributed by atoms with E-state index in [0.717, 1.165) is 39.6 Å². The van der Waals surface area contributed by atoms with Crippen LogP contribution in [0.5, 0.6) is 11.5 Å². The van der Waals surface area contributed by atoms with E-state index in [0.29, 0.717) is 42.3 Å². The topological polar surface area (TPSA) is 61.5 Å². The lowest BCUT2D eigenvalue weighted by Gasteiger charge is -2.16. The Labute approximate surface area is 182 Å². The molecule has 6 rings (SSSR count). The normalized spacial score (nSPS) is 17.2. The maximum absolute atomic E-state index is 14.7. The number of ether oxygens (including phenoxy) is 2. The summed E-state index contributed by atoms with van der Waals surface area (Å²) in [5.74, 6) is 1.27. The fraction of sp³-hybridized carbons (Fsp3) is 0.261. The first-order valence-corrected chi connectivity index (χ1v) is 10.5. The zero-order valence-electron chi connectivity index (χ0n) is 16.7. The fourth-order valence-electron chi connectivity index (χ4n) is 4.64.